The summed E-state index contributed by atoms with van der Waals surface area (Å²) in [7, 11) is 1.63. The number of carbonyl (C=O) groups is 1. The molecule has 0 aliphatic heterocycles. The molecule has 5 nitrogen and oxygen atoms in total. The van der Waals surface area contributed by atoms with Gasteiger partial charge in [-0.2, -0.15) is 0 Å². The van der Waals surface area contributed by atoms with Gasteiger partial charge in [0.1, 0.15) is 11.4 Å². The van der Waals surface area contributed by atoms with Crippen molar-refractivity contribution >= 4 is 27.6 Å². The zero-order valence-corrected chi connectivity index (χ0v) is 13.8. The normalized spacial score (nSPS) is 10.7. The number of fused-ring (bicyclic) bond motifs is 1. The first kappa shape index (κ1) is 16.1. The third kappa shape index (κ3) is 4.64. The van der Waals surface area contributed by atoms with E-state index in [2.05, 4.69) is 22.1 Å². The van der Waals surface area contributed by atoms with Crippen molar-refractivity contribution in [2.24, 2.45) is 0 Å². The van der Waals surface area contributed by atoms with Crippen LogP contribution in [0.25, 0.3) is 10.2 Å². The molecule has 0 bridgehead atoms. The fourth-order valence-electron chi connectivity index (χ4n) is 1.64. The van der Waals surface area contributed by atoms with Crippen LogP contribution < -0.4 is 10.1 Å². The molecule has 1 aromatic carbocycles. The Morgan fingerprint density at radius 3 is 2.86 bits per heavy atom. The molecule has 1 amide bonds. The summed E-state index contributed by atoms with van der Waals surface area (Å²) >= 11 is 1.49. The predicted molar refractivity (Wildman–Crippen MR) is 87.3 cm³/mol. The second-order valence-corrected chi connectivity index (χ2v) is 6.54. The topological polar surface area (TPSA) is 60.5 Å². The van der Waals surface area contributed by atoms with Gasteiger partial charge in [0.15, 0.2) is 5.01 Å². The average molecular weight is 318 g/mol. The van der Waals surface area contributed by atoms with E-state index in [9.17, 15) is 4.79 Å². The Labute approximate surface area is 133 Å². The SMILES string of the molecule is COc1ccc2nc(C#CCNC(=O)OC(C)(C)C)sc2c1. The summed E-state index contributed by atoms with van der Waals surface area (Å²) in [5, 5.41) is 3.29. The number of ether oxygens (including phenoxy) is 2. The van der Waals surface area contributed by atoms with Crippen LogP contribution in [0.1, 0.15) is 25.8 Å². The molecule has 0 unspecified atom stereocenters. The van der Waals surface area contributed by atoms with E-state index in [4.69, 9.17) is 9.47 Å². The Kier molecular flexibility index (Phi) is 4.88. The molecule has 0 spiro atoms. The monoisotopic (exact) mass is 318 g/mol. The van der Waals surface area contributed by atoms with Crippen molar-refractivity contribution in [2.75, 3.05) is 13.7 Å². The number of carbonyl (C=O) groups excluding carboxylic acids is 1. The Morgan fingerprint density at radius 1 is 1.41 bits per heavy atom. The minimum absolute atomic E-state index is 0.216. The minimum atomic E-state index is -0.510. The van der Waals surface area contributed by atoms with Crippen LogP contribution in [0, 0.1) is 11.8 Å². The second kappa shape index (κ2) is 6.67. The highest BCUT2D eigenvalue weighted by atomic mass is 32.1. The van der Waals surface area contributed by atoms with E-state index in [1.54, 1.807) is 7.11 Å². The van der Waals surface area contributed by atoms with Crippen LogP contribution in [-0.2, 0) is 4.74 Å². The first-order valence-electron chi connectivity index (χ1n) is 6.78. The molecule has 1 N–H and O–H groups in total. The fraction of sp³-hybridized carbons (Fsp3) is 0.375. The van der Waals surface area contributed by atoms with Crippen molar-refractivity contribution in [3.63, 3.8) is 0 Å². The van der Waals surface area contributed by atoms with Crippen LogP contribution in [0.15, 0.2) is 18.2 Å². The molecular formula is C16H18N2O3S. The van der Waals surface area contributed by atoms with Gasteiger partial charge in [-0.15, -0.1) is 11.3 Å². The Balaban J connectivity index is 1.96. The third-order valence-electron chi connectivity index (χ3n) is 2.51. The summed E-state index contributed by atoms with van der Waals surface area (Å²) in [6, 6.07) is 5.69. The lowest BCUT2D eigenvalue weighted by atomic mass is 10.2. The highest BCUT2D eigenvalue weighted by molar-refractivity contribution is 7.19. The third-order valence-corrected chi connectivity index (χ3v) is 3.44. The second-order valence-electron chi connectivity index (χ2n) is 5.51. The molecule has 0 radical (unpaired) electrons. The van der Waals surface area contributed by atoms with Gasteiger partial charge in [0, 0.05) is 0 Å². The molecule has 0 saturated carbocycles. The van der Waals surface area contributed by atoms with Gasteiger partial charge in [-0.05, 0) is 44.9 Å². The predicted octanol–water partition coefficient (Wildman–Crippen LogP) is 3.18. The highest BCUT2D eigenvalue weighted by Gasteiger charge is 2.15. The van der Waals surface area contributed by atoms with Gasteiger partial charge < -0.3 is 14.8 Å². The molecular weight excluding hydrogens is 300 g/mol. The van der Waals surface area contributed by atoms with Gasteiger partial charge in [-0.25, -0.2) is 9.78 Å². The number of aromatic nitrogens is 1. The van der Waals surface area contributed by atoms with Crippen LogP contribution in [-0.4, -0.2) is 30.3 Å². The van der Waals surface area contributed by atoms with E-state index in [-0.39, 0.29) is 6.54 Å². The maximum Gasteiger partial charge on any atom is 0.408 e. The molecule has 0 atom stereocenters. The molecule has 0 saturated heterocycles. The summed E-state index contributed by atoms with van der Waals surface area (Å²) in [5.74, 6) is 6.59. The molecule has 2 aromatic rings. The van der Waals surface area contributed by atoms with Crippen molar-refractivity contribution in [3.05, 3.63) is 23.2 Å². The molecule has 1 aromatic heterocycles. The largest absolute Gasteiger partial charge is 0.497 e. The van der Waals surface area contributed by atoms with Crippen LogP contribution >= 0.6 is 11.3 Å². The molecule has 0 fully saturated rings. The van der Waals surface area contributed by atoms with E-state index >= 15 is 0 Å². The summed E-state index contributed by atoms with van der Waals surface area (Å²) in [4.78, 5) is 15.9. The zero-order valence-electron chi connectivity index (χ0n) is 13.0. The molecule has 2 rings (SSSR count). The number of rotatable bonds is 2. The zero-order chi connectivity index (χ0) is 16.2. The number of nitrogens with one attached hydrogen (secondary N) is 1. The van der Waals surface area contributed by atoms with Gasteiger partial charge >= 0.3 is 6.09 Å². The van der Waals surface area contributed by atoms with Crippen LogP contribution in [0.2, 0.25) is 0 Å². The smallest absolute Gasteiger partial charge is 0.408 e. The highest BCUT2D eigenvalue weighted by Crippen LogP contribution is 2.25. The Bertz CT molecular complexity index is 735. The maximum atomic E-state index is 11.5. The number of amides is 1. The van der Waals surface area contributed by atoms with E-state index in [0.29, 0.717) is 5.01 Å². The lowest BCUT2D eigenvalue weighted by Gasteiger charge is -2.18. The summed E-state index contributed by atoms with van der Waals surface area (Å²) in [5.41, 5.74) is 0.374. The number of hydrogen-bond acceptors (Lipinski definition) is 5. The number of thiazole rings is 1. The van der Waals surface area contributed by atoms with Crippen molar-refractivity contribution in [2.45, 2.75) is 26.4 Å². The fourth-order valence-corrected chi connectivity index (χ4v) is 2.50. The van der Waals surface area contributed by atoms with Gasteiger partial charge in [-0.1, -0.05) is 5.92 Å². The van der Waals surface area contributed by atoms with Crippen LogP contribution in [0.4, 0.5) is 4.79 Å². The number of methoxy groups -OCH3 is 1. The van der Waals surface area contributed by atoms with E-state index in [1.807, 2.05) is 39.0 Å². The van der Waals surface area contributed by atoms with Crippen molar-refractivity contribution in [3.8, 4) is 17.6 Å². The molecule has 6 heteroatoms. The van der Waals surface area contributed by atoms with Gasteiger partial charge in [-0.3, -0.25) is 0 Å². The first-order valence-corrected chi connectivity index (χ1v) is 7.59. The summed E-state index contributed by atoms with van der Waals surface area (Å²) < 4.78 is 11.3. The number of hydrogen-bond donors (Lipinski definition) is 1. The van der Waals surface area contributed by atoms with E-state index < -0.39 is 11.7 Å². The number of benzene rings is 1. The molecule has 116 valence electrons. The molecule has 0 aliphatic rings. The van der Waals surface area contributed by atoms with Gasteiger partial charge in [0.05, 0.1) is 23.9 Å². The quantitative estimate of drug-likeness (QED) is 0.864. The maximum absolute atomic E-state index is 11.5. The number of nitrogens with zero attached hydrogens (tertiary/aromatic N) is 1. The molecule has 1 heterocycles. The summed E-state index contributed by atoms with van der Waals surface area (Å²) in [6.07, 6.45) is -0.476. The molecule has 22 heavy (non-hydrogen) atoms. The van der Waals surface area contributed by atoms with E-state index in [0.717, 1.165) is 16.0 Å². The van der Waals surface area contributed by atoms with Crippen LogP contribution in [0.3, 0.4) is 0 Å². The Hall–Kier alpha value is -2.26. The summed E-state index contributed by atoms with van der Waals surface area (Å²) in [6.45, 7) is 5.66. The Morgan fingerprint density at radius 2 is 2.18 bits per heavy atom. The first-order chi connectivity index (χ1) is 10.4. The number of alkyl carbamates (subject to hydrolysis) is 1. The standard InChI is InChI=1S/C16H18N2O3S/c1-16(2,3)21-15(19)17-9-5-6-14-18-12-8-7-11(20-4)10-13(12)22-14/h7-8,10H,9H2,1-4H3,(H,17,19). The van der Waals surface area contributed by atoms with Crippen molar-refractivity contribution in [1.29, 1.82) is 0 Å². The van der Waals surface area contributed by atoms with Crippen molar-refractivity contribution in [1.82, 2.24) is 10.3 Å². The average Bonchev–Trinajstić information content (AvgIpc) is 2.83. The van der Waals surface area contributed by atoms with Gasteiger partial charge in [0.25, 0.3) is 0 Å². The molecule has 0 aliphatic carbocycles. The van der Waals surface area contributed by atoms with Crippen LogP contribution in [0.5, 0.6) is 5.75 Å². The van der Waals surface area contributed by atoms with E-state index in [1.165, 1.54) is 11.3 Å². The lowest BCUT2D eigenvalue weighted by molar-refractivity contribution is 0.0535. The lowest BCUT2D eigenvalue weighted by Crippen LogP contribution is -2.32. The van der Waals surface area contributed by atoms with Gasteiger partial charge in [0.2, 0.25) is 0 Å². The minimum Gasteiger partial charge on any atom is -0.497 e. The van der Waals surface area contributed by atoms with Crippen molar-refractivity contribution < 1.29 is 14.3 Å².